The molecule has 1 saturated carbocycles. The number of halogens is 1. The standard InChI is InChI=1S/C22H25FN4S/c1-3-26-21(20-7-5-4-6-16(20)2)24-27(22(26)28)15-25(19-12-13-19)14-17-8-10-18(23)11-9-17/h4-11,19H,3,12-15H2,1-2H3/p+1. The first-order valence-electron chi connectivity index (χ1n) is 9.89. The summed E-state index contributed by atoms with van der Waals surface area (Å²) in [7, 11) is 0. The van der Waals surface area contributed by atoms with E-state index in [-0.39, 0.29) is 5.82 Å². The molecule has 2 aromatic carbocycles. The summed E-state index contributed by atoms with van der Waals surface area (Å²) in [4.78, 5) is 1.43. The van der Waals surface area contributed by atoms with E-state index >= 15 is 0 Å². The Kier molecular flexibility index (Phi) is 5.42. The third-order valence-electron chi connectivity index (χ3n) is 5.48. The maximum atomic E-state index is 13.2. The number of nitrogens with zero attached hydrogens (tertiary/aromatic N) is 3. The van der Waals surface area contributed by atoms with Gasteiger partial charge in [0, 0.05) is 30.5 Å². The summed E-state index contributed by atoms with van der Waals surface area (Å²) in [5.74, 6) is 0.742. The molecule has 6 heteroatoms. The van der Waals surface area contributed by atoms with E-state index in [1.54, 1.807) is 0 Å². The van der Waals surface area contributed by atoms with Crippen LogP contribution in [0.5, 0.6) is 0 Å². The van der Waals surface area contributed by atoms with Gasteiger partial charge in [-0.3, -0.25) is 0 Å². The summed E-state index contributed by atoms with van der Waals surface area (Å²) < 4.78 is 18.1. The van der Waals surface area contributed by atoms with E-state index in [0.29, 0.717) is 6.04 Å². The Morgan fingerprint density at radius 1 is 1.14 bits per heavy atom. The molecule has 0 saturated heterocycles. The molecule has 0 bridgehead atoms. The fourth-order valence-electron chi connectivity index (χ4n) is 3.73. The van der Waals surface area contributed by atoms with Crippen LogP contribution in [-0.2, 0) is 19.8 Å². The molecule has 4 nitrogen and oxygen atoms in total. The number of nitrogens with one attached hydrogen (secondary N) is 1. The van der Waals surface area contributed by atoms with Crippen molar-refractivity contribution in [2.75, 3.05) is 0 Å². The van der Waals surface area contributed by atoms with Crippen LogP contribution in [0, 0.1) is 17.5 Å². The molecule has 1 heterocycles. The van der Waals surface area contributed by atoms with Gasteiger partial charge in [-0.05, 0) is 43.8 Å². The van der Waals surface area contributed by atoms with Gasteiger partial charge in [-0.1, -0.05) is 36.4 Å². The van der Waals surface area contributed by atoms with Crippen molar-refractivity contribution < 1.29 is 9.29 Å². The first-order valence-corrected chi connectivity index (χ1v) is 10.3. The molecule has 1 N–H and O–H groups in total. The molecular weight excluding hydrogens is 371 g/mol. The number of hydrogen-bond acceptors (Lipinski definition) is 2. The van der Waals surface area contributed by atoms with Gasteiger partial charge in [-0.15, -0.1) is 5.10 Å². The van der Waals surface area contributed by atoms with Crippen LogP contribution in [0.15, 0.2) is 48.5 Å². The van der Waals surface area contributed by atoms with Crippen molar-refractivity contribution in [3.8, 4) is 11.4 Å². The van der Waals surface area contributed by atoms with Gasteiger partial charge in [0.15, 0.2) is 12.5 Å². The average Bonchev–Trinajstić information content (AvgIpc) is 3.49. The highest BCUT2D eigenvalue weighted by Crippen LogP contribution is 2.22. The van der Waals surface area contributed by atoms with E-state index < -0.39 is 0 Å². The van der Waals surface area contributed by atoms with Gasteiger partial charge in [-0.2, -0.15) is 4.68 Å². The third kappa shape index (κ3) is 3.93. The van der Waals surface area contributed by atoms with E-state index in [1.165, 1.54) is 35.4 Å². The van der Waals surface area contributed by atoms with Crippen LogP contribution in [0.25, 0.3) is 11.4 Å². The van der Waals surface area contributed by atoms with Crippen LogP contribution in [0.1, 0.15) is 30.9 Å². The quantitative estimate of drug-likeness (QED) is 0.615. The molecule has 1 aliphatic carbocycles. The number of hydrogen-bond donors (Lipinski definition) is 1. The van der Waals surface area contributed by atoms with Gasteiger partial charge in [0.25, 0.3) is 0 Å². The van der Waals surface area contributed by atoms with E-state index in [2.05, 4.69) is 30.5 Å². The zero-order valence-corrected chi connectivity index (χ0v) is 17.2. The summed E-state index contributed by atoms with van der Waals surface area (Å²) in [5.41, 5.74) is 3.46. The smallest absolute Gasteiger partial charge is 0.203 e. The van der Waals surface area contributed by atoms with Crippen LogP contribution >= 0.6 is 12.2 Å². The van der Waals surface area contributed by atoms with Crippen molar-refractivity contribution in [2.24, 2.45) is 0 Å². The second-order valence-electron chi connectivity index (χ2n) is 7.56. The summed E-state index contributed by atoms with van der Waals surface area (Å²) >= 11 is 5.76. The van der Waals surface area contributed by atoms with Gasteiger partial charge in [0.1, 0.15) is 12.4 Å². The second kappa shape index (κ2) is 7.97. The Morgan fingerprint density at radius 3 is 2.50 bits per heavy atom. The van der Waals surface area contributed by atoms with Crippen molar-refractivity contribution >= 4 is 12.2 Å². The molecule has 1 aliphatic rings. The number of aromatic nitrogens is 3. The molecule has 1 atom stereocenters. The molecule has 28 heavy (non-hydrogen) atoms. The summed E-state index contributed by atoms with van der Waals surface area (Å²) in [6.07, 6.45) is 2.45. The van der Waals surface area contributed by atoms with Crippen LogP contribution < -0.4 is 4.90 Å². The predicted molar refractivity (Wildman–Crippen MR) is 111 cm³/mol. The van der Waals surface area contributed by atoms with Crippen LogP contribution in [0.4, 0.5) is 4.39 Å². The van der Waals surface area contributed by atoms with Crippen molar-refractivity contribution in [2.45, 2.75) is 52.5 Å². The SMILES string of the molecule is CCn1c(-c2ccccc2C)nn(C[NH+](Cc2ccc(F)cc2)C2CC2)c1=S. The topological polar surface area (TPSA) is 27.2 Å². The molecule has 0 amide bonds. The van der Waals surface area contributed by atoms with Crippen LogP contribution in [0.2, 0.25) is 0 Å². The lowest BCUT2D eigenvalue weighted by atomic mass is 10.1. The average molecular weight is 398 g/mol. The molecule has 4 rings (SSSR count). The second-order valence-corrected chi connectivity index (χ2v) is 7.92. The molecule has 1 aromatic heterocycles. The van der Waals surface area contributed by atoms with Gasteiger partial charge in [0.05, 0.1) is 6.04 Å². The Hall–Kier alpha value is -2.31. The molecular formula is C22H26FN4S+. The fourth-order valence-corrected chi connectivity index (χ4v) is 4.05. The lowest BCUT2D eigenvalue weighted by Gasteiger charge is -2.19. The van der Waals surface area contributed by atoms with Crippen LogP contribution in [-0.4, -0.2) is 20.4 Å². The molecule has 3 aromatic rings. The van der Waals surface area contributed by atoms with E-state index in [1.807, 2.05) is 28.9 Å². The highest BCUT2D eigenvalue weighted by molar-refractivity contribution is 7.71. The molecule has 0 aliphatic heterocycles. The zero-order chi connectivity index (χ0) is 19.7. The lowest BCUT2D eigenvalue weighted by molar-refractivity contribution is -0.947. The maximum Gasteiger partial charge on any atom is 0.203 e. The Balaban J connectivity index is 1.64. The van der Waals surface area contributed by atoms with Crippen molar-refractivity contribution in [3.05, 3.63) is 70.2 Å². The highest BCUT2D eigenvalue weighted by atomic mass is 32.1. The lowest BCUT2D eigenvalue weighted by Crippen LogP contribution is -3.11. The van der Waals surface area contributed by atoms with Crippen molar-refractivity contribution in [3.63, 3.8) is 0 Å². The van der Waals surface area contributed by atoms with Gasteiger partial charge in [0.2, 0.25) is 4.77 Å². The summed E-state index contributed by atoms with van der Waals surface area (Å²) in [6.45, 7) is 6.58. The fraction of sp³-hybridized carbons (Fsp3) is 0.364. The minimum absolute atomic E-state index is 0.191. The first kappa shape index (κ1) is 19.0. The van der Waals surface area contributed by atoms with Crippen LogP contribution in [0.3, 0.4) is 0 Å². The number of benzene rings is 2. The molecule has 0 spiro atoms. The van der Waals surface area contributed by atoms with E-state index in [4.69, 9.17) is 17.3 Å². The van der Waals surface area contributed by atoms with Gasteiger partial charge >= 0.3 is 0 Å². The summed E-state index contributed by atoms with van der Waals surface area (Å²) in [5, 5.41) is 4.91. The van der Waals surface area contributed by atoms with Gasteiger partial charge < -0.3 is 9.47 Å². The molecule has 1 unspecified atom stereocenters. The minimum atomic E-state index is -0.191. The summed E-state index contributed by atoms with van der Waals surface area (Å²) in [6, 6.07) is 15.7. The molecule has 1 fully saturated rings. The number of rotatable bonds is 7. The third-order valence-corrected chi connectivity index (χ3v) is 5.91. The normalized spacial score (nSPS) is 15.0. The van der Waals surface area contributed by atoms with E-state index in [0.717, 1.165) is 41.5 Å². The first-order chi connectivity index (χ1) is 13.6. The zero-order valence-electron chi connectivity index (χ0n) is 16.4. The predicted octanol–water partition coefficient (Wildman–Crippen LogP) is 3.75. The Morgan fingerprint density at radius 2 is 1.86 bits per heavy atom. The monoisotopic (exact) mass is 397 g/mol. The highest BCUT2D eigenvalue weighted by Gasteiger charge is 2.34. The largest absolute Gasteiger partial charge is 0.310 e. The van der Waals surface area contributed by atoms with Gasteiger partial charge in [-0.25, -0.2) is 4.39 Å². The molecule has 0 radical (unpaired) electrons. The number of quaternary nitrogens is 1. The molecule has 146 valence electrons. The van der Waals surface area contributed by atoms with Crippen molar-refractivity contribution in [1.29, 1.82) is 0 Å². The number of aryl methyl sites for hydroxylation is 1. The Bertz CT molecular complexity index is 1020. The van der Waals surface area contributed by atoms with Crippen molar-refractivity contribution in [1.82, 2.24) is 14.3 Å². The minimum Gasteiger partial charge on any atom is -0.310 e. The Labute approximate surface area is 170 Å². The van der Waals surface area contributed by atoms with E-state index in [9.17, 15) is 4.39 Å². The maximum absolute atomic E-state index is 13.2.